The second kappa shape index (κ2) is 5.16. The molecule has 1 aromatic carbocycles. The molecule has 1 aliphatic rings. The maximum Gasteiger partial charge on any atom is 0.0865 e. The number of rotatable bonds is 3. The molecule has 4 heteroatoms. The van der Waals surface area contributed by atoms with Gasteiger partial charge in [0.2, 0.25) is 0 Å². The molecule has 1 fully saturated rings. The van der Waals surface area contributed by atoms with Crippen LogP contribution in [-0.2, 0) is 4.74 Å². The second-order valence-corrected chi connectivity index (χ2v) is 5.23. The van der Waals surface area contributed by atoms with E-state index >= 15 is 0 Å². The molecule has 1 aliphatic heterocycles. The maximum atomic E-state index is 10.5. The minimum Gasteiger partial charge on any atom is -0.399 e. The third kappa shape index (κ3) is 2.94. The minimum atomic E-state index is -0.637. The molecule has 2 rings (SSSR count). The average Bonchev–Trinajstić information content (AvgIpc) is 2.33. The summed E-state index contributed by atoms with van der Waals surface area (Å²) >= 11 is 0. The molecule has 0 bridgehead atoms. The number of likely N-dealkylation sites (N-methyl/N-ethyl adjacent to an activating group) is 1. The van der Waals surface area contributed by atoms with E-state index in [1.165, 1.54) is 0 Å². The minimum absolute atomic E-state index is 0.625. The summed E-state index contributed by atoms with van der Waals surface area (Å²) in [6, 6.07) is 5.96. The van der Waals surface area contributed by atoms with Gasteiger partial charge >= 0.3 is 0 Å². The van der Waals surface area contributed by atoms with E-state index in [0.717, 1.165) is 16.9 Å². The Bertz CT molecular complexity index is 414. The number of nitrogens with two attached hydrogens (primary N) is 1. The quantitative estimate of drug-likeness (QED) is 0.799. The Balaban J connectivity index is 2.06. The zero-order valence-electron chi connectivity index (χ0n) is 11.1. The molecule has 0 spiro atoms. The van der Waals surface area contributed by atoms with Gasteiger partial charge in [-0.05, 0) is 30.7 Å². The normalized spacial score (nSPS) is 18.6. The highest BCUT2D eigenvalue weighted by Crippen LogP contribution is 2.25. The Morgan fingerprint density at radius 2 is 2.06 bits per heavy atom. The van der Waals surface area contributed by atoms with E-state index in [4.69, 9.17) is 10.5 Å². The number of hydrogen-bond donors (Lipinski definition) is 2. The lowest BCUT2D eigenvalue weighted by Crippen LogP contribution is -2.45. The lowest BCUT2D eigenvalue weighted by Gasteiger charge is -2.36. The van der Waals surface area contributed by atoms with Gasteiger partial charge in [0, 0.05) is 51.0 Å². The van der Waals surface area contributed by atoms with Gasteiger partial charge in [-0.3, -0.25) is 0 Å². The van der Waals surface area contributed by atoms with Crippen molar-refractivity contribution in [2.45, 2.75) is 25.4 Å². The lowest BCUT2D eigenvalue weighted by atomic mass is 9.93. The molecule has 0 atom stereocenters. The second-order valence-electron chi connectivity index (χ2n) is 5.23. The monoisotopic (exact) mass is 250 g/mol. The van der Waals surface area contributed by atoms with Crippen LogP contribution in [0.3, 0.4) is 0 Å². The van der Waals surface area contributed by atoms with Gasteiger partial charge in [-0.1, -0.05) is 0 Å². The van der Waals surface area contributed by atoms with E-state index in [0.29, 0.717) is 32.6 Å². The number of ether oxygens (including phenoxy) is 1. The van der Waals surface area contributed by atoms with Crippen molar-refractivity contribution in [1.82, 2.24) is 0 Å². The van der Waals surface area contributed by atoms with Crippen molar-refractivity contribution < 1.29 is 9.84 Å². The van der Waals surface area contributed by atoms with Crippen LogP contribution in [0.15, 0.2) is 18.2 Å². The van der Waals surface area contributed by atoms with Crippen LogP contribution in [0.1, 0.15) is 18.4 Å². The molecule has 100 valence electrons. The van der Waals surface area contributed by atoms with E-state index in [-0.39, 0.29) is 0 Å². The molecule has 1 heterocycles. The Kier molecular flexibility index (Phi) is 3.78. The summed E-state index contributed by atoms with van der Waals surface area (Å²) in [7, 11) is 2.00. The van der Waals surface area contributed by atoms with Gasteiger partial charge in [0.1, 0.15) is 0 Å². The Hall–Kier alpha value is -1.26. The van der Waals surface area contributed by atoms with Crippen molar-refractivity contribution in [2.24, 2.45) is 0 Å². The first-order valence-corrected chi connectivity index (χ1v) is 6.38. The predicted octanol–water partition coefficient (Wildman–Crippen LogP) is 1.55. The van der Waals surface area contributed by atoms with Crippen LogP contribution >= 0.6 is 0 Å². The fourth-order valence-electron chi connectivity index (χ4n) is 2.34. The summed E-state index contributed by atoms with van der Waals surface area (Å²) in [5, 5.41) is 10.5. The van der Waals surface area contributed by atoms with Crippen molar-refractivity contribution >= 4 is 11.4 Å². The summed E-state index contributed by atoms with van der Waals surface area (Å²) in [5.41, 5.74) is 8.13. The van der Waals surface area contributed by atoms with Gasteiger partial charge < -0.3 is 20.5 Å². The van der Waals surface area contributed by atoms with Crippen LogP contribution in [0, 0.1) is 6.92 Å². The van der Waals surface area contributed by atoms with Crippen molar-refractivity contribution in [3.63, 3.8) is 0 Å². The molecular formula is C14H22N2O2. The van der Waals surface area contributed by atoms with Gasteiger partial charge in [0.25, 0.3) is 0 Å². The maximum absolute atomic E-state index is 10.5. The molecule has 0 saturated carbocycles. The van der Waals surface area contributed by atoms with Crippen LogP contribution < -0.4 is 10.6 Å². The molecular weight excluding hydrogens is 228 g/mol. The van der Waals surface area contributed by atoms with E-state index in [2.05, 4.69) is 11.0 Å². The Morgan fingerprint density at radius 3 is 2.67 bits per heavy atom. The van der Waals surface area contributed by atoms with Gasteiger partial charge in [0.05, 0.1) is 5.60 Å². The molecule has 1 saturated heterocycles. The summed E-state index contributed by atoms with van der Waals surface area (Å²) < 4.78 is 5.29. The number of benzene rings is 1. The Labute approximate surface area is 108 Å². The number of hydrogen-bond acceptors (Lipinski definition) is 4. The van der Waals surface area contributed by atoms with Crippen molar-refractivity contribution in [3.8, 4) is 0 Å². The largest absolute Gasteiger partial charge is 0.399 e. The first-order chi connectivity index (χ1) is 8.50. The molecule has 0 aromatic heterocycles. The molecule has 0 radical (unpaired) electrons. The zero-order valence-corrected chi connectivity index (χ0v) is 11.1. The third-order valence-corrected chi connectivity index (χ3v) is 3.65. The first-order valence-electron chi connectivity index (χ1n) is 6.38. The van der Waals surface area contributed by atoms with E-state index in [1.54, 1.807) is 0 Å². The van der Waals surface area contributed by atoms with E-state index in [9.17, 15) is 5.11 Å². The standard InChI is InChI=1S/C14H22N2O2/c1-11-9-12(3-4-13(11)15)16(2)10-14(17)5-7-18-8-6-14/h3-4,9,17H,5-8,10,15H2,1-2H3. The smallest absolute Gasteiger partial charge is 0.0865 e. The predicted molar refractivity (Wildman–Crippen MR) is 73.9 cm³/mol. The number of nitrogens with zero attached hydrogens (tertiary/aromatic N) is 1. The van der Waals surface area contributed by atoms with Crippen molar-refractivity contribution in [3.05, 3.63) is 23.8 Å². The van der Waals surface area contributed by atoms with Crippen molar-refractivity contribution in [1.29, 1.82) is 0 Å². The third-order valence-electron chi connectivity index (χ3n) is 3.65. The first kappa shape index (κ1) is 13.2. The molecule has 1 aromatic rings. The van der Waals surface area contributed by atoms with Crippen LogP contribution in [-0.4, -0.2) is 37.5 Å². The highest BCUT2D eigenvalue weighted by Gasteiger charge is 2.31. The molecule has 4 nitrogen and oxygen atoms in total. The Morgan fingerprint density at radius 1 is 1.39 bits per heavy atom. The lowest BCUT2D eigenvalue weighted by molar-refractivity contribution is -0.0572. The molecule has 0 amide bonds. The fraction of sp³-hybridized carbons (Fsp3) is 0.571. The topological polar surface area (TPSA) is 58.7 Å². The summed E-state index contributed by atoms with van der Waals surface area (Å²) in [4.78, 5) is 2.08. The number of aryl methyl sites for hydroxylation is 1. The number of aliphatic hydroxyl groups is 1. The van der Waals surface area contributed by atoms with E-state index < -0.39 is 5.60 Å². The zero-order chi connectivity index (χ0) is 13.2. The fourth-order valence-corrected chi connectivity index (χ4v) is 2.34. The summed E-state index contributed by atoms with van der Waals surface area (Å²) in [5.74, 6) is 0. The van der Waals surface area contributed by atoms with Gasteiger partial charge in [-0.25, -0.2) is 0 Å². The van der Waals surface area contributed by atoms with Gasteiger partial charge in [-0.2, -0.15) is 0 Å². The molecule has 3 N–H and O–H groups in total. The SMILES string of the molecule is Cc1cc(N(C)CC2(O)CCOCC2)ccc1N. The molecule has 0 unspecified atom stereocenters. The average molecular weight is 250 g/mol. The molecule has 0 aliphatic carbocycles. The number of anilines is 2. The van der Waals surface area contributed by atoms with Crippen LogP contribution in [0.5, 0.6) is 0 Å². The summed E-state index contributed by atoms with van der Waals surface area (Å²) in [6.45, 7) is 3.91. The van der Waals surface area contributed by atoms with Crippen LogP contribution in [0.4, 0.5) is 11.4 Å². The van der Waals surface area contributed by atoms with Crippen LogP contribution in [0.2, 0.25) is 0 Å². The van der Waals surface area contributed by atoms with E-state index in [1.807, 2.05) is 26.1 Å². The summed E-state index contributed by atoms with van der Waals surface area (Å²) in [6.07, 6.45) is 1.40. The van der Waals surface area contributed by atoms with Gasteiger partial charge in [-0.15, -0.1) is 0 Å². The van der Waals surface area contributed by atoms with Crippen molar-refractivity contribution in [2.75, 3.05) is 37.4 Å². The highest BCUT2D eigenvalue weighted by atomic mass is 16.5. The number of nitrogen functional groups attached to an aromatic ring is 1. The van der Waals surface area contributed by atoms with Crippen LogP contribution in [0.25, 0.3) is 0 Å². The molecule has 18 heavy (non-hydrogen) atoms. The highest BCUT2D eigenvalue weighted by molar-refractivity contribution is 5.57. The van der Waals surface area contributed by atoms with Gasteiger partial charge in [0.15, 0.2) is 0 Å².